The summed E-state index contributed by atoms with van der Waals surface area (Å²) in [5.41, 5.74) is 0. The van der Waals surface area contributed by atoms with Crippen LogP contribution in [-0.2, 0) is 14.3 Å². The number of rotatable bonds is 74. The number of aliphatic hydroxyl groups is 2. The first-order valence-electron chi connectivity index (χ1n) is 38.8. The van der Waals surface area contributed by atoms with Gasteiger partial charge in [0.05, 0.1) is 25.4 Å². The molecule has 0 aliphatic carbocycles. The molecule has 6 heteroatoms. The van der Waals surface area contributed by atoms with Gasteiger partial charge in [0.1, 0.15) is 0 Å². The van der Waals surface area contributed by atoms with Crippen LogP contribution in [-0.4, -0.2) is 47.4 Å². The van der Waals surface area contributed by atoms with Gasteiger partial charge in [-0.3, -0.25) is 9.59 Å². The second kappa shape index (κ2) is 73.3. The maximum Gasteiger partial charge on any atom is 0.305 e. The molecular formula is C77H153NO5. The zero-order valence-electron chi connectivity index (χ0n) is 57.0. The van der Waals surface area contributed by atoms with E-state index in [1.165, 1.54) is 385 Å². The highest BCUT2D eigenvalue weighted by Crippen LogP contribution is 2.20. The van der Waals surface area contributed by atoms with Crippen LogP contribution in [0, 0.1) is 0 Å². The van der Waals surface area contributed by atoms with Crippen molar-refractivity contribution in [2.24, 2.45) is 0 Å². The monoisotopic (exact) mass is 1170 g/mol. The number of esters is 1. The van der Waals surface area contributed by atoms with E-state index in [4.69, 9.17) is 4.74 Å². The predicted octanol–water partition coefficient (Wildman–Crippen LogP) is 25.3. The molecule has 6 nitrogen and oxygen atoms in total. The summed E-state index contributed by atoms with van der Waals surface area (Å²) in [4.78, 5) is 24.6. The molecule has 0 aromatic heterocycles. The summed E-state index contributed by atoms with van der Waals surface area (Å²) >= 11 is 0. The molecule has 0 bridgehead atoms. The van der Waals surface area contributed by atoms with Gasteiger partial charge >= 0.3 is 5.97 Å². The first-order valence-corrected chi connectivity index (χ1v) is 38.8. The summed E-state index contributed by atoms with van der Waals surface area (Å²) in [5.74, 6) is -0.00176. The number of carbonyl (C=O) groups is 2. The van der Waals surface area contributed by atoms with Gasteiger partial charge < -0.3 is 20.3 Å². The third kappa shape index (κ3) is 69.8. The van der Waals surface area contributed by atoms with Crippen molar-refractivity contribution in [3.05, 3.63) is 0 Å². The van der Waals surface area contributed by atoms with Crippen LogP contribution in [0.3, 0.4) is 0 Å². The van der Waals surface area contributed by atoms with E-state index in [-0.39, 0.29) is 18.5 Å². The van der Waals surface area contributed by atoms with Gasteiger partial charge in [-0.15, -0.1) is 0 Å². The Morgan fingerprint density at radius 3 is 0.735 bits per heavy atom. The van der Waals surface area contributed by atoms with Crippen LogP contribution in [0.25, 0.3) is 0 Å². The Labute approximate surface area is 521 Å². The molecule has 1 amide bonds. The summed E-state index contributed by atoms with van der Waals surface area (Å²) in [6, 6.07) is -0.539. The lowest BCUT2D eigenvalue weighted by Crippen LogP contribution is -2.45. The molecule has 2 unspecified atom stereocenters. The molecule has 0 saturated carbocycles. The fourth-order valence-corrected chi connectivity index (χ4v) is 12.8. The van der Waals surface area contributed by atoms with E-state index in [9.17, 15) is 19.8 Å². The number of carbonyl (C=O) groups excluding carboxylic acids is 2. The minimum atomic E-state index is -0.662. The number of amides is 1. The van der Waals surface area contributed by atoms with E-state index in [1.54, 1.807) is 0 Å². The highest BCUT2D eigenvalue weighted by molar-refractivity contribution is 5.76. The Morgan fingerprint density at radius 1 is 0.289 bits per heavy atom. The maximum atomic E-state index is 12.6. The lowest BCUT2D eigenvalue weighted by Gasteiger charge is -2.22. The number of unbranched alkanes of at least 4 members (excludes halogenated alkanes) is 63. The lowest BCUT2D eigenvalue weighted by atomic mass is 10.0. The van der Waals surface area contributed by atoms with Gasteiger partial charge in [-0.25, -0.2) is 0 Å². The molecule has 0 saturated heterocycles. The molecule has 0 rings (SSSR count). The third-order valence-corrected chi connectivity index (χ3v) is 18.7. The predicted molar refractivity (Wildman–Crippen MR) is 366 cm³/mol. The maximum absolute atomic E-state index is 12.6. The molecule has 0 radical (unpaired) electrons. The summed E-state index contributed by atoms with van der Waals surface area (Å²) in [7, 11) is 0. The van der Waals surface area contributed by atoms with E-state index in [0.717, 1.165) is 38.5 Å². The van der Waals surface area contributed by atoms with Crippen molar-refractivity contribution in [2.45, 2.75) is 469 Å². The molecule has 0 aliphatic heterocycles. The molecule has 496 valence electrons. The van der Waals surface area contributed by atoms with Crippen molar-refractivity contribution in [2.75, 3.05) is 13.2 Å². The number of aliphatic hydroxyl groups excluding tert-OH is 2. The van der Waals surface area contributed by atoms with E-state index in [2.05, 4.69) is 19.2 Å². The van der Waals surface area contributed by atoms with Gasteiger partial charge in [-0.05, 0) is 25.7 Å². The molecule has 0 aromatic carbocycles. The fraction of sp³-hybridized carbons (Fsp3) is 0.974. The molecule has 83 heavy (non-hydrogen) atoms. The first-order chi connectivity index (χ1) is 41.0. The Morgan fingerprint density at radius 2 is 0.494 bits per heavy atom. The highest BCUT2D eigenvalue weighted by Gasteiger charge is 2.20. The average molecular weight is 1170 g/mol. The van der Waals surface area contributed by atoms with Crippen LogP contribution in [0.4, 0.5) is 0 Å². The summed E-state index contributed by atoms with van der Waals surface area (Å²) in [6.07, 6.45) is 90.4. The Kier molecular flexibility index (Phi) is 72.3. The lowest BCUT2D eigenvalue weighted by molar-refractivity contribution is -0.143. The van der Waals surface area contributed by atoms with Crippen LogP contribution < -0.4 is 5.32 Å². The zero-order chi connectivity index (χ0) is 59.9. The number of nitrogens with one attached hydrogen (secondary N) is 1. The molecular weight excluding hydrogens is 1020 g/mol. The third-order valence-electron chi connectivity index (χ3n) is 18.7. The minimum absolute atomic E-state index is 0.0233. The Hall–Kier alpha value is -1.14. The standard InChI is InChI=1S/C77H153NO5/c1-3-5-7-9-11-13-15-17-19-20-21-22-30-33-36-39-42-45-49-53-57-61-65-69-75(80)74(73-79)78-76(81)70-66-62-58-54-50-46-43-40-37-34-31-28-26-24-23-25-27-29-32-35-38-41-44-48-52-56-60-64-68-72-83-77(82)71-67-63-59-55-51-47-18-16-14-12-10-8-6-4-2/h74-75,79-80H,3-73H2,1-2H3,(H,78,81). The van der Waals surface area contributed by atoms with Crippen LogP contribution in [0.1, 0.15) is 457 Å². The van der Waals surface area contributed by atoms with E-state index >= 15 is 0 Å². The molecule has 3 N–H and O–H groups in total. The SMILES string of the molecule is CCCCCCCCCCCCCCCCCCCCCCCCCC(O)C(CO)NC(=O)CCCCCCCCCCCCCCCCCCCCCCCCCCCCCCCOC(=O)CCCCCCCCCCCCCCCC. The van der Waals surface area contributed by atoms with Crippen LogP contribution >= 0.6 is 0 Å². The van der Waals surface area contributed by atoms with Gasteiger partial charge in [0.15, 0.2) is 0 Å². The Balaban J connectivity index is 3.33. The quantitative estimate of drug-likeness (QED) is 0.0417. The van der Waals surface area contributed by atoms with Crippen molar-refractivity contribution in [3.8, 4) is 0 Å². The molecule has 0 fully saturated rings. The largest absolute Gasteiger partial charge is 0.466 e. The topological polar surface area (TPSA) is 95.9 Å². The average Bonchev–Trinajstić information content (AvgIpc) is 3.48. The summed E-state index contributed by atoms with van der Waals surface area (Å²) in [6.45, 7) is 5.02. The first kappa shape index (κ1) is 81.9. The normalized spacial score (nSPS) is 12.4. The molecule has 2 atom stereocenters. The fourth-order valence-electron chi connectivity index (χ4n) is 12.8. The van der Waals surface area contributed by atoms with Crippen LogP contribution in [0.15, 0.2) is 0 Å². The molecule has 0 aromatic rings. The van der Waals surface area contributed by atoms with Crippen molar-refractivity contribution in [1.29, 1.82) is 0 Å². The van der Waals surface area contributed by atoms with Crippen molar-refractivity contribution in [3.63, 3.8) is 0 Å². The summed E-state index contributed by atoms with van der Waals surface area (Å²) < 4.78 is 5.50. The van der Waals surface area contributed by atoms with Gasteiger partial charge in [-0.2, -0.15) is 0 Å². The van der Waals surface area contributed by atoms with Gasteiger partial charge in [0, 0.05) is 12.8 Å². The van der Waals surface area contributed by atoms with Crippen molar-refractivity contribution in [1.82, 2.24) is 5.32 Å². The van der Waals surface area contributed by atoms with Gasteiger partial charge in [0.2, 0.25) is 5.91 Å². The Bertz CT molecular complexity index is 1210. The molecule has 0 spiro atoms. The van der Waals surface area contributed by atoms with Crippen LogP contribution in [0.5, 0.6) is 0 Å². The minimum Gasteiger partial charge on any atom is -0.466 e. The van der Waals surface area contributed by atoms with Crippen molar-refractivity contribution < 1.29 is 24.5 Å². The van der Waals surface area contributed by atoms with Crippen LogP contribution in [0.2, 0.25) is 0 Å². The van der Waals surface area contributed by atoms with E-state index < -0.39 is 12.1 Å². The number of hydrogen-bond donors (Lipinski definition) is 3. The summed E-state index contributed by atoms with van der Waals surface area (Å²) in [5, 5.41) is 23.5. The molecule has 0 aliphatic rings. The van der Waals surface area contributed by atoms with E-state index in [0.29, 0.717) is 25.9 Å². The van der Waals surface area contributed by atoms with E-state index in [1.807, 2.05) is 0 Å². The van der Waals surface area contributed by atoms with Crippen molar-refractivity contribution >= 4 is 11.9 Å². The smallest absolute Gasteiger partial charge is 0.305 e. The van der Waals surface area contributed by atoms with Gasteiger partial charge in [0.25, 0.3) is 0 Å². The van der Waals surface area contributed by atoms with Gasteiger partial charge in [-0.1, -0.05) is 418 Å². The zero-order valence-corrected chi connectivity index (χ0v) is 57.0. The number of hydrogen-bond acceptors (Lipinski definition) is 5. The molecule has 0 heterocycles. The number of ether oxygens (including phenoxy) is 1. The highest BCUT2D eigenvalue weighted by atomic mass is 16.5. The second-order valence-electron chi connectivity index (χ2n) is 27.1. The second-order valence-corrected chi connectivity index (χ2v) is 27.1.